The van der Waals surface area contributed by atoms with Crippen molar-refractivity contribution in [3.05, 3.63) is 35.9 Å². The molecule has 2 aromatic rings. The van der Waals surface area contributed by atoms with Crippen molar-refractivity contribution in [2.24, 2.45) is 0 Å². The van der Waals surface area contributed by atoms with Crippen LogP contribution in [0.1, 0.15) is 31.1 Å². The zero-order valence-corrected chi connectivity index (χ0v) is 14.0. The summed E-state index contributed by atoms with van der Waals surface area (Å²) in [6, 6.07) is 9.34. The molecular weight excluding hydrogens is 292 g/mol. The number of aromatic nitrogens is 1. The molecule has 0 radical (unpaired) electrons. The van der Waals surface area contributed by atoms with E-state index in [0.717, 1.165) is 10.9 Å². The number of benzene rings is 1. The van der Waals surface area contributed by atoms with Crippen molar-refractivity contribution in [2.45, 2.75) is 32.4 Å². The van der Waals surface area contributed by atoms with Crippen molar-refractivity contribution in [3.8, 4) is 5.88 Å². The lowest BCUT2D eigenvalue weighted by atomic mass is 9.95. The summed E-state index contributed by atoms with van der Waals surface area (Å²) in [5, 5.41) is 0.842. The van der Waals surface area contributed by atoms with Gasteiger partial charge in [0.1, 0.15) is 0 Å². The monoisotopic (exact) mass is 314 g/mol. The van der Waals surface area contributed by atoms with Gasteiger partial charge < -0.3 is 14.4 Å². The highest BCUT2D eigenvalue weighted by Gasteiger charge is 2.38. The molecule has 5 heteroatoms. The second-order valence-electron chi connectivity index (χ2n) is 6.36. The Bertz CT molecular complexity index is 742. The van der Waals surface area contributed by atoms with E-state index in [4.69, 9.17) is 9.47 Å². The number of morpholine rings is 1. The van der Waals surface area contributed by atoms with Crippen LogP contribution >= 0.6 is 0 Å². The van der Waals surface area contributed by atoms with Crippen molar-refractivity contribution < 1.29 is 14.3 Å². The van der Waals surface area contributed by atoms with Gasteiger partial charge in [0.15, 0.2) is 0 Å². The number of hydrogen-bond donors (Lipinski definition) is 0. The van der Waals surface area contributed by atoms with Crippen molar-refractivity contribution in [3.63, 3.8) is 0 Å². The number of ether oxygens (including phenoxy) is 2. The fourth-order valence-electron chi connectivity index (χ4n) is 2.96. The van der Waals surface area contributed by atoms with Gasteiger partial charge in [0, 0.05) is 18.0 Å². The van der Waals surface area contributed by atoms with Crippen LogP contribution in [0.5, 0.6) is 5.88 Å². The molecule has 0 bridgehead atoms. The van der Waals surface area contributed by atoms with Gasteiger partial charge in [-0.25, -0.2) is 4.98 Å². The first-order valence-electron chi connectivity index (χ1n) is 7.83. The smallest absolute Gasteiger partial charge is 0.255 e. The van der Waals surface area contributed by atoms with Crippen molar-refractivity contribution in [1.82, 2.24) is 9.88 Å². The zero-order valence-electron chi connectivity index (χ0n) is 14.0. The number of rotatable bonds is 2. The van der Waals surface area contributed by atoms with Crippen LogP contribution in [0.15, 0.2) is 30.3 Å². The molecule has 122 valence electrons. The Kier molecular flexibility index (Phi) is 3.98. The van der Waals surface area contributed by atoms with Gasteiger partial charge >= 0.3 is 0 Å². The maximum absolute atomic E-state index is 13.2. The average Bonchev–Trinajstić information content (AvgIpc) is 2.55. The molecule has 0 aliphatic carbocycles. The molecule has 23 heavy (non-hydrogen) atoms. The van der Waals surface area contributed by atoms with Crippen LogP contribution in [0.3, 0.4) is 0 Å². The van der Waals surface area contributed by atoms with Gasteiger partial charge in [0.25, 0.3) is 5.91 Å². The van der Waals surface area contributed by atoms with Crippen molar-refractivity contribution in [2.75, 3.05) is 20.3 Å². The number of carbonyl (C=O) groups is 1. The van der Waals surface area contributed by atoms with E-state index in [1.165, 1.54) is 0 Å². The lowest BCUT2D eigenvalue weighted by Gasteiger charge is -2.44. The molecule has 1 aliphatic heterocycles. The number of carbonyl (C=O) groups excluding carboxylic acids is 1. The second-order valence-corrected chi connectivity index (χ2v) is 6.36. The zero-order chi connectivity index (χ0) is 16.6. The lowest BCUT2D eigenvalue weighted by molar-refractivity contribution is -0.109. The number of methoxy groups -OCH3 is 1. The minimum atomic E-state index is -0.360. The van der Waals surface area contributed by atoms with Crippen LogP contribution in [-0.4, -0.2) is 47.7 Å². The number of fused-ring (bicyclic) bond motifs is 1. The van der Waals surface area contributed by atoms with Crippen molar-refractivity contribution in [1.29, 1.82) is 0 Å². The first-order chi connectivity index (χ1) is 10.9. The summed E-state index contributed by atoms with van der Waals surface area (Å²) in [6.07, 6.45) is 0. The third-order valence-corrected chi connectivity index (χ3v) is 4.67. The molecule has 1 amide bonds. The van der Waals surface area contributed by atoms with Crippen molar-refractivity contribution >= 4 is 16.8 Å². The molecule has 1 fully saturated rings. The standard InChI is InChI=1S/C18H22N2O3/c1-12-18(2,3)23-10-9-20(12)17(21)14-11-16(22-4)19-15-8-6-5-7-13(14)15/h5-8,11-12H,9-10H2,1-4H3. The number of nitrogens with zero attached hydrogens (tertiary/aromatic N) is 2. The fraction of sp³-hybridized carbons (Fsp3) is 0.444. The van der Waals surface area contributed by atoms with Gasteiger partial charge in [-0.3, -0.25) is 4.79 Å². The first kappa shape index (κ1) is 15.7. The summed E-state index contributed by atoms with van der Waals surface area (Å²) in [5.41, 5.74) is 1.02. The van der Waals surface area contributed by atoms with E-state index in [9.17, 15) is 4.79 Å². The third kappa shape index (κ3) is 2.77. The molecule has 2 heterocycles. The van der Waals surface area contributed by atoms with E-state index in [0.29, 0.717) is 24.6 Å². The van der Waals surface area contributed by atoms with E-state index >= 15 is 0 Å². The van der Waals surface area contributed by atoms with E-state index in [-0.39, 0.29) is 17.6 Å². The van der Waals surface area contributed by atoms with Gasteiger partial charge in [-0.2, -0.15) is 0 Å². The maximum Gasteiger partial charge on any atom is 0.255 e. The van der Waals surface area contributed by atoms with Crippen LogP contribution in [-0.2, 0) is 4.74 Å². The summed E-state index contributed by atoms with van der Waals surface area (Å²) < 4.78 is 11.1. The molecule has 1 aromatic heterocycles. The SMILES string of the molecule is COc1cc(C(=O)N2CCOC(C)(C)C2C)c2ccccc2n1. The Hall–Kier alpha value is -2.14. The predicted molar refractivity (Wildman–Crippen MR) is 88.8 cm³/mol. The third-order valence-electron chi connectivity index (χ3n) is 4.67. The maximum atomic E-state index is 13.2. The van der Waals surface area contributed by atoms with Gasteiger partial charge in [0.2, 0.25) is 5.88 Å². The molecular formula is C18H22N2O3. The first-order valence-corrected chi connectivity index (χ1v) is 7.83. The normalized spacial score (nSPS) is 20.5. The molecule has 1 saturated heterocycles. The molecule has 0 spiro atoms. The summed E-state index contributed by atoms with van der Waals surface area (Å²) in [6.45, 7) is 7.19. The molecule has 0 saturated carbocycles. The number of hydrogen-bond acceptors (Lipinski definition) is 4. The van der Waals surface area contributed by atoms with Crippen LogP contribution in [0.4, 0.5) is 0 Å². The minimum Gasteiger partial charge on any atom is -0.481 e. The Morgan fingerprint density at radius 3 is 2.87 bits per heavy atom. The molecule has 1 aliphatic rings. The predicted octanol–water partition coefficient (Wildman–Crippen LogP) is 2.88. The molecule has 0 N–H and O–H groups in total. The van der Waals surface area contributed by atoms with Crippen LogP contribution < -0.4 is 4.74 Å². The Balaban J connectivity index is 2.07. The molecule has 5 nitrogen and oxygen atoms in total. The largest absolute Gasteiger partial charge is 0.481 e. The van der Waals surface area contributed by atoms with Crippen LogP contribution in [0, 0.1) is 0 Å². The summed E-state index contributed by atoms with van der Waals surface area (Å²) in [4.78, 5) is 19.5. The topological polar surface area (TPSA) is 51.7 Å². The van der Waals surface area contributed by atoms with E-state index in [1.54, 1.807) is 13.2 Å². The summed E-state index contributed by atoms with van der Waals surface area (Å²) in [5.74, 6) is 0.443. The Labute approximate surface area is 136 Å². The number of pyridine rings is 1. The van der Waals surface area contributed by atoms with Gasteiger partial charge in [-0.05, 0) is 26.8 Å². The highest BCUT2D eigenvalue weighted by Crippen LogP contribution is 2.29. The highest BCUT2D eigenvalue weighted by molar-refractivity contribution is 6.06. The number of para-hydroxylation sites is 1. The highest BCUT2D eigenvalue weighted by atomic mass is 16.5. The van der Waals surface area contributed by atoms with Crippen LogP contribution in [0.2, 0.25) is 0 Å². The van der Waals surface area contributed by atoms with Gasteiger partial charge in [-0.1, -0.05) is 18.2 Å². The lowest BCUT2D eigenvalue weighted by Crippen LogP contribution is -2.57. The Morgan fingerprint density at radius 2 is 2.13 bits per heavy atom. The quantitative estimate of drug-likeness (QED) is 0.855. The summed E-state index contributed by atoms with van der Waals surface area (Å²) >= 11 is 0. The Morgan fingerprint density at radius 1 is 1.39 bits per heavy atom. The fourth-order valence-corrected chi connectivity index (χ4v) is 2.96. The van der Waals surface area contributed by atoms with E-state index in [1.807, 2.05) is 49.9 Å². The van der Waals surface area contributed by atoms with E-state index in [2.05, 4.69) is 4.98 Å². The van der Waals surface area contributed by atoms with E-state index < -0.39 is 0 Å². The summed E-state index contributed by atoms with van der Waals surface area (Å²) in [7, 11) is 1.56. The second kappa shape index (κ2) is 5.81. The average molecular weight is 314 g/mol. The molecule has 1 aromatic carbocycles. The molecule has 1 unspecified atom stereocenters. The number of amides is 1. The molecule has 3 rings (SSSR count). The van der Waals surface area contributed by atoms with Gasteiger partial charge in [-0.15, -0.1) is 0 Å². The molecule has 1 atom stereocenters. The van der Waals surface area contributed by atoms with Crippen LogP contribution in [0.25, 0.3) is 10.9 Å². The van der Waals surface area contributed by atoms with Gasteiger partial charge in [0.05, 0.1) is 36.4 Å². The minimum absolute atomic E-state index is 0.00854.